The Morgan fingerprint density at radius 3 is 3.13 bits per heavy atom. The molecular formula is C11H17ClN2O. The fraction of sp³-hybridized carbons (Fsp3) is 0.636. The Bertz CT molecular complexity index is 313. The van der Waals surface area contributed by atoms with Crippen LogP contribution in [0.4, 0.5) is 0 Å². The predicted octanol–water partition coefficient (Wildman–Crippen LogP) is 2.12. The minimum atomic E-state index is 0.465. The van der Waals surface area contributed by atoms with E-state index in [-0.39, 0.29) is 0 Å². The first-order valence-electron chi connectivity index (χ1n) is 5.40. The number of nitrogens with zero attached hydrogens (tertiary/aromatic N) is 1. The van der Waals surface area contributed by atoms with E-state index in [4.69, 9.17) is 16.0 Å². The van der Waals surface area contributed by atoms with E-state index in [1.807, 2.05) is 6.07 Å². The van der Waals surface area contributed by atoms with E-state index in [9.17, 15) is 0 Å². The molecule has 0 saturated carbocycles. The van der Waals surface area contributed by atoms with Crippen LogP contribution in [0.15, 0.2) is 16.5 Å². The number of furan rings is 1. The zero-order valence-corrected chi connectivity index (χ0v) is 9.76. The zero-order chi connectivity index (χ0) is 10.7. The van der Waals surface area contributed by atoms with Crippen molar-refractivity contribution in [2.75, 3.05) is 20.1 Å². The highest BCUT2D eigenvalue weighted by Gasteiger charge is 2.16. The summed E-state index contributed by atoms with van der Waals surface area (Å²) in [4.78, 5) is 2.36. The molecule has 0 aromatic carbocycles. The Morgan fingerprint density at radius 1 is 1.60 bits per heavy atom. The Hall–Kier alpha value is -0.510. The van der Waals surface area contributed by atoms with Gasteiger partial charge in [0.15, 0.2) is 5.22 Å². The van der Waals surface area contributed by atoms with E-state index in [2.05, 4.69) is 17.3 Å². The van der Waals surface area contributed by atoms with Crippen LogP contribution in [-0.2, 0) is 6.54 Å². The normalized spacial score (nSPS) is 23.2. The second kappa shape index (κ2) is 5.01. The highest BCUT2D eigenvalue weighted by Crippen LogP contribution is 2.14. The molecule has 1 fully saturated rings. The maximum Gasteiger partial charge on any atom is 0.193 e. The Balaban J connectivity index is 1.77. The van der Waals surface area contributed by atoms with Gasteiger partial charge in [0.25, 0.3) is 0 Å². The van der Waals surface area contributed by atoms with E-state index in [1.165, 1.54) is 19.4 Å². The summed E-state index contributed by atoms with van der Waals surface area (Å²) in [6.45, 7) is 3.10. The topological polar surface area (TPSA) is 28.4 Å². The molecule has 2 heterocycles. The van der Waals surface area contributed by atoms with Gasteiger partial charge >= 0.3 is 0 Å². The minimum Gasteiger partial charge on any atom is -0.448 e. The van der Waals surface area contributed by atoms with Crippen LogP contribution in [0.5, 0.6) is 0 Å². The summed E-state index contributed by atoms with van der Waals surface area (Å²) in [6, 6.07) is 4.28. The molecule has 1 saturated heterocycles. The maximum absolute atomic E-state index is 5.70. The molecule has 0 bridgehead atoms. The number of rotatable bonds is 3. The molecule has 1 aliphatic heterocycles. The van der Waals surface area contributed by atoms with E-state index in [1.54, 1.807) is 6.07 Å². The second-order valence-corrected chi connectivity index (χ2v) is 4.56. The van der Waals surface area contributed by atoms with Gasteiger partial charge in [0.2, 0.25) is 0 Å². The first-order chi connectivity index (χ1) is 7.24. The average Bonchev–Trinajstić information content (AvgIpc) is 2.62. The van der Waals surface area contributed by atoms with Crippen LogP contribution in [0, 0.1) is 0 Å². The van der Waals surface area contributed by atoms with Crippen LogP contribution >= 0.6 is 11.6 Å². The summed E-state index contributed by atoms with van der Waals surface area (Å²) in [5, 5.41) is 3.95. The van der Waals surface area contributed by atoms with Gasteiger partial charge in [0, 0.05) is 12.6 Å². The number of halogens is 1. The molecule has 1 unspecified atom stereocenters. The lowest BCUT2D eigenvalue weighted by atomic mass is 10.1. The zero-order valence-electron chi connectivity index (χ0n) is 9.00. The lowest BCUT2D eigenvalue weighted by molar-refractivity contribution is 0.224. The lowest BCUT2D eigenvalue weighted by Crippen LogP contribution is -2.43. The Morgan fingerprint density at radius 2 is 2.47 bits per heavy atom. The molecule has 1 atom stereocenters. The molecule has 2 rings (SSSR count). The molecule has 15 heavy (non-hydrogen) atoms. The summed E-state index contributed by atoms with van der Waals surface area (Å²) in [7, 11) is 2.16. The van der Waals surface area contributed by atoms with Crippen molar-refractivity contribution in [3.63, 3.8) is 0 Å². The molecule has 84 valence electrons. The van der Waals surface area contributed by atoms with Gasteiger partial charge in [0.05, 0.1) is 6.54 Å². The molecular weight excluding hydrogens is 212 g/mol. The third-order valence-electron chi connectivity index (χ3n) is 2.82. The third kappa shape index (κ3) is 3.23. The maximum atomic E-state index is 5.70. The van der Waals surface area contributed by atoms with Crippen LogP contribution in [-0.4, -0.2) is 31.1 Å². The molecule has 0 amide bonds. The predicted molar refractivity (Wildman–Crippen MR) is 61.1 cm³/mol. The molecule has 0 aliphatic carbocycles. The lowest BCUT2D eigenvalue weighted by Gasteiger charge is -2.30. The van der Waals surface area contributed by atoms with Crippen LogP contribution in [0.1, 0.15) is 18.6 Å². The smallest absolute Gasteiger partial charge is 0.193 e. The molecule has 4 heteroatoms. The first kappa shape index (κ1) is 11.0. The third-order valence-corrected chi connectivity index (χ3v) is 3.02. The van der Waals surface area contributed by atoms with Crippen LogP contribution in [0.3, 0.4) is 0 Å². The van der Waals surface area contributed by atoms with Gasteiger partial charge in [-0.1, -0.05) is 0 Å². The fourth-order valence-electron chi connectivity index (χ4n) is 2.02. The highest BCUT2D eigenvalue weighted by atomic mass is 35.5. The van der Waals surface area contributed by atoms with Crippen LogP contribution in [0.25, 0.3) is 0 Å². The molecule has 1 aromatic rings. The van der Waals surface area contributed by atoms with Crippen molar-refractivity contribution in [3.8, 4) is 0 Å². The van der Waals surface area contributed by atoms with Gasteiger partial charge in [-0.05, 0) is 50.2 Å². The Labute approximate surface area is 95.4 Å². The summed E-state index contributed by atoms with van der Waals surface area (Å²) in [6.07, 6.45) is 2.52. The van der Waals surface area contributed by atoms with Gasteiger partial charge in [-0.25, -0.2) is 0 Å². The van der Waals surface area contributed by atoms with Gasteiger partial charge in [0.1, 0.15) is 5.76 Å². The van der Waals surface area contributed by atoms with Gasteiger partial charge in [-0.15, -0.1) is 0 Å². The highest BCUT2D eigenvalue weighted by molar-refractivity contribution is 6.28. The molecule has 0 radical (unpaired) electrons. The Kier molecular flexibility index (Phi) is 3.67. The number of hydrogen-bond acceptors (Lipinski definition) is 3. The number of likely N-dealkylation sites (N-methyl/N-ethyl adjacent to an activating group) is 1. The summed E-state index contributed by atoms with van der Waals surface area (Å²) >= 11 is 5.70. The van der Waals surface area contributed by atoms with Gasteiger partial charge < -0.3 is 14.6 Å². The quantitative estimate of drug-likeness (QED) is 0.859. The monoisotopic (exact) mass is 228 g/mol. The van der Waals surface area contributed by atoms with Crippen molar-refractivity contribution >= 4 is 11.6 Å². The first-order valence-corrected chi connectivity index (χ1v) is 5.78. The number of nitrogens with one attached hydrogen (secondary N) is 1. The number of hydrogen-bond donors (Lipinski definition) is 1. The number of piperidine rings is 1. The van der Waals surface area contributed by atoms with E-state index < -0.39 is 0 Å². The molecule has 1 N–H and O–H groups in total. The average molecular weight is 229 g/mol. The van der Waals surface area contributed by atoms with E-state index in [0.29, 0.717) is 11.3 Å². The largest absolute Gasteiger partial charge is 0.448 e. The minimum absolute atomic E-state index is 0.465. The van der Waals surface area contributed by atoms with Crippen LogP contribution < -0.4 is 5.32 Å². The SMILES string of the molecule is CN1CCCC(NCc2ccc(Cl)o2)C1. The van der Waals surface area contributed by atoms with Crippen molar-refractivity contribution in [2.24, 2.45) is 0 Å². The van der Waals surface area contributed by atoms with Crippen molar-refractivity contribution in [3.05, 3.63) is 23.1 Å². The molecule has 1 aromatic heterocycles. The van der Waals surface area contributed by atoms with Crippen molar-refractivity contribution < 1.29 is 4.42 Å². The molecule has 1 aliphatic rings. The molecule has 3 nitrogen and oxygen atoms in total. The van der Waals surface area contributed by atoms with E-state index in [0.717, 1.165) is 18.8 Å². The van der Waals surface area contributed by atoms with Crippen molar-refractivity contribution in [1.29, 1.82) is 0 Å². The van der Waals surface area contributed by atoms with Crippen molar-refractivity contribution in [1.82, 2.24) is 10.2 Å². The molecule has 0 spiro atoms. The van der Waals surface area contributed by atoms with Crippen molar-refractivity contribution in [2.45, 2.75) is 25.4 Å². The summed E-state index contributed by atoms with van der Waals surface area (Å²) in [5.41, 5.74) is 0. The summed E-state index contributed by atoms with van der Waals surface area (Å²) in [5.74, 6) is 0.910. The van der Waals surface area contributed by atoms with Gasteiger partial charge in [-0.3, -0.25) is 0 Å². The van der Waals surface area contributed by atoms with E-state index >= 15 is 0 Å². The van der Waals surface area contributed by atoms with Crippen LogP contribution in [0.2, 0.25) is 5.22 Å². The standard InChI is InChI=1S/C11H17ClN2O/c1-14-6-2-3-9(8-14)13-7-10-4-5-11(12)15-10/h4-5,9,13H,2-3,6-8H2,1H3. The number of likely N-dealkylation sites (tertiary alicyclic amines) is 1. The fourth-order valence-corrected chi connectivity index (χ4v) is 2.19. The summed E-state index contributed by atoms with van der Waals surface area (Å²) < 4.78 is 5.29. The van der Waals surface area contributed by atoms with Gasteiger partial charge in [-0.2, -0.15) is 0 Å². The second-order valence-electron chi connectivity index (χ2n) is 4.19.